The molecular formula is C26H39N3O2. The third-order valence-corrected chi connectivity index (χ3v) is 7.77. The Hall–Kier alpha value is -1.88. The predicted octanol–water partition coefficient (Wildman–Crippen LogP) is 3.54. The first-order valence-corrected chi connectivity index (χ1v) is 12.1. The average molecular weight is 426 g/mol. The van der Waals surface area contributed by atoms with Gasteiger partial charge in [0, 0.05) is 45.1 Å². The maximum Gasteiger partial charge on any atom is 0.247 e. The van der Waals surface area contributed by atoms with Crippen LogP contribution >= 0.6 is 0 Å². The van der Waals surface area contributed by atoms with Crippen LogP contribution in [0.1, 0.15) is 53.0 Å². The highest BCUT2D eigenvalue weighted by atomic mass is 16.2. The van der Waals surface area contributed by atoms with Crippen LogP contribution in [-0.4, -0.2) is 52.8 Å². The summed E-state index contributed by atoms with van der Waals surface area (Å²) in [6.45, 7) is 13.6. The van der Waals surface area contributed by atoms with Crippen LogP contribution in [-0.2, 0) is 16.1 Å². The second-order valence-electron chi connectivity index (χ2n) is 10.9. The maximum atomic E-state index is 14.0. The molecule has 4 fully saturated rings. The van der Waals surface area contributed by atoms with Crippen LogP contribution in [0.2, 0.25) is 0 Å². The van der Waals surface area contributed by atoms with Gasteiger partial charge in [-0.1, -0.05) is 58.0 Å². The van der Waals surface area contributed by atoms with Crippen molar-refractivity contribution in [3.63, 3.8) is 0 Å². The molecule has 5 unspecified atom stereocenters. The van der Waals surface area contributed by atoms with Crippen molar-refractivity contribution in [1.29, 1.82) is 0 Å². The molecule has 4 bridgehead atoms. The van der Waals surface area contributed by atoms with E-state index in [0.717, 1.165) is 32.5 Å². The lowest BCUT2D eigenvalue weighted by Crippen LogP contribution is -2.77. The van der Waals surface area contributed by atoms with E-state index in [2.05, 4.69) is 62.2 Å². The van der Waals surface area contributed by atoms with Crippen molar-refractivity contribution in [2.24, 2.45) is 29.6 Å². The number of nitrogens with zero attached hydrogens (tertiary/aromatic N) is 2. The van der Waals surface area contributed by atoms with Gasteiger partial charge in [-0.2, -0.15) is 0 Å². The Balaban J connectivity index is 1.76. The number of hydrogen-bond donors (Lipinski definition) is 1. The molecule has 1 aliphatic carbocycles. The molecule has 0 radical (unpaired) electrons. The summed E-state index contributed by atoms with van der Waals surface area (Å²) in [5.41, 5.74) is 0.547. The molecule has 2 amide bonds. The Labute approximate surface area is 187 Å². The van der Waals surface area contributed by atoms with Gasteiger partial charge in [0.2, 0.25) is 11.8 Å². The minimum absolute atomic E-state index is 0.0453. The molecule has 0 spiro atoms. The van der Waals surface area contributed by atoms with E-state index in [-0.39, 0.29) is 23.8 Å². The van der Waals surface area contributed by atoms with Crippen molar-refractivity contribution in [3.05, 3.63) is 35.9 Å². The van der Waals surface area contributed by atoms with Crippen LogP contribution in [0.4, 0.5) is 0 Å². The van der Waals surface area contributed by atoms with Crippen molar-refractivity contribution in [2.45, 2.75) is 65.6 Å². The Morgan fingerprint density at radius 3 is 2.42 bits per heavy atom. The molecule has 5 heteroatoms. The Morgan fingerprint density at radius 2 is 1.81 bits per heavy atom. The van der Waals surface area contributed by atoms with Gasteiger partial charge in [-0.05, 0) is 42.1 Å². The van der Waals surface area contributed by atoms with E-state index < -0.39 is 5.54 Å². The number of fused-ring (bicyclic) bond motifs is 1. The van der Waals surface area contributed by atoms with E-state index in [1.54, 1.807) is 6.92 Å². The third kappa shape index (κ3) is 3.79. The first kappa shape index (κ1) is 22.3. The number of rotatable bonds is 7. The summed E-state index contributed by atoms with van der Waals surface area (Å²) < 4.78 is 0. The Bertz CT molecular complexity index is 808. The van der Waals surface area contributed by atoms with Crippen molar-refractivity contribution in [1.82, 2.24) is 15.1 Å². The van der Waals surface area contributed by atoms with E-state index in [9.17, 15) is 9.59 Å². The van der Waals surface area contributed by atoms with E-state index in [4.69, 9.17) is 0 Å². The van der Waals surface area contributed by atoms with E-state index in [1.807, 2.05) is 11.0 Å². The first-order chi connectivity index (χ1) is 14.7. The van der Waals surface area contributed by atoms with Crippen molar-refractivity contribution in [3.8, 4) is 0 Å². The first-order valence-electron chi connectivity index (χ1n) is 12.1. The highest BCUT2D eigenvalue weighted by Gasteiger charge is 2.71. The molecule has 5 atom stereocenters. The molecule has 0 aromatic heterocycles. The van der Waals surface area contributed by atoms with E-state index >= 15 is 0 Å². The molecule has 31 heavy (non-hydrogen) atoms. The zero-order chi connectivity index (χ0) is 22.3. The number of carbonyl (C=O) groups excluding carboxylic acids is 2. The van der Waals surface area contributed by atoms with Gasteiger partial charge in [0.1, 0.15) is 5.54 Å². The van der Waals surface area contributed by atoms with E-state index in [0.29, 0.717) is 30.2 Å². The monoisotopic (exact) mass is 425 g/mol. The zero-order valence-corrected chi connectivity index (χ0v) is 19.8. The lowest BCUT2D eigenvalue weighted by molar-refractivity contribution is -0.173. The molecule has 3 aliphatic heterocycles. The smallest absolute Gasteiger partial charge is 0.247 e. The third-order valence-electron chi connectivity index (χ3n) is 7.77. The molecule has 1 aromatic carbocycles. The molecule has 3 saturated heterocycles. The number of likely N-dealkylation sites (tertiary alicyclic amines) is 1. The fraction of sp³-hybridized carbons (Fsp3) is 0.692. The lowest BCUT2D eigenvalue weighted by atomic mass is 9.56. The van der Waals surface area contributed by atoms with Gasteiger partial charge in [0.05, 0.1) is 0 Å². The summed E-state index contributed by atoms with van der Waals surface area (Å²) >= 11 is 0. The minimum Gasteiger partial charge on any atom is -0.354 e. The number of amides is 2. The SMILES string of the molecule is CC(=O)N1CC2CC3CN(Cc4ccccc4)C(C2CC(C)C)C31C(=O)NCC(C)C. The molecule has 5 rings (SSSR count). The van der Waals surface area contributed by atoms with Crippen LogP contribution in [0.3, 0.4) is 0 Å². The summed E-state index contributed by atoms with van der Waals surface area (Å²) in [7, 11) is 0. The van der Waals surface area contributed by atoms with Gasteiger partial charge in [0.15, 0.2) is 0 Å². The Morgan fingerprint density at radius 1 is 1.10 bits per heavy atom. The normalized spacial score (nSPS) is 32.2. The quantitative estimate of drug-likeness (QED) is 0.727. The molecule has 1 aromatic rings. The fourth-order valence-electron chi connectivity index (χ4n) is 6.80. The van der Waals surface area contributed by atoms with Gasteiger partial charge in [-0.3, -0.25) is 14.5 Å². The van der Waals surface area contributed by atoms with Crippen molar-refractivity contribution in [2.75, 3.05) is 19.6 Å². The molecule has 1 saturated carbocycles. The number of benzene rings is 1. The highest BCUT2D eigenvalue weighted by Crippen LogP contribution is 2.58. The molecule has 5 nitrogen and oxygen atoms in total. The predicted molar refractivity (Wildman–Crippen MR) is 123 cm³/mol. The number of nitrogens with one attached hydrogen (secondary N) is 1. The van der Waals surface area contributed by atoms with E-state index in [1.165, 1.54) is 5.56 Å². The van der Waals surface area contributed by atoms with Crippen molar-refractivity contribution < 1.29 is 9.59 Å². The lowest BCUT2D eigenvalue weighted by Gasteiger charge is -2.61. The van der Waals surface area contributed by atoms with Crippen LogP contribution in [0.15, 0.2) is 30.3 Å². The molecule has 3 heterocycles. The van der Waals surface area contributed by atoms with Crippen molar-refractivity contribution >= 4 is 11.8 Å². The molecule has 4 aliphatic rings. The van der Waals surface area contributed by atoms with Gasteiger partial charge >= 0.3 is 0 Å². The summed E-state index contributed by atoms with van der Waals surface area (Å²) in [6.07, 6.45) is 2.16. The van der Waals surface area contributed by atoms with Gasteiger partial charge < -0.3 is 10.2 Å². The van der Waals surface area contributed by atoms with Crippen LogP contribution in [0, 0.1) is 29.6 Å². The topological polar surface area (TPSA) is 52.7 Å². The van der Waals surface area contributed by atoms with Crippen LogP contribution in [0.5, 0.6) is 0 Å². The van der Waals surface area contributed by atoms with Crippen LogP contribution < -0.4 is 5.32 Å². The number of hydrogen-bond acceptors (Lipinski definition) is 3. The fourth-order valence-corrected chi connectivity index (χ4v) is 6.80. The van der Waals surface area contributed by atoms with Crippen LogP contribution in [0.25, 0.3) is 0 Å². The second-order valence-corrected chi connectivity index (χ2v) is 10.9. The summed E-state index contributed by atoms with van der Waals surface area (Å²) in [6, 6.07) is 10.7. The summed E-state index contributed by atoms with van der Waals surface area (Å²) in [4.78, 5) is 31.3. The standard InChI is InChI=1S/C26H39N3O2/c1-17(2)11-23-21-12-22-16-28(14-20-9-7-6-8-10-20)24(23)26(22,29(15-21)19(5)30)25(31)27-13-18(3)4/h6-10,17-18,21-24H,11-16H2,1-5H3,(H,27,31). The van der Waals surface area contributed by atoms with Gasteiger partial charge in [-0.15, -0.1) is 0 Å². The average Bonchev–Trinajstić information content (AvgIpc) is 2.97. The number of piperidine rings is 2. The summed E-state index contributed by atoms with van der Waals surface area (Å²) in [5.74, 6) is 2.22. The molecule has 1 N–H and O–H groups in total. The van der Waals surface area contributed by atoms with Gasteiger partial charge in [0.25, 0.3) is 0 Å². The maximum absolute atomic E-state index is 14.0. The van der Waals surface area contributed by atoms with Gasteiger partial charge in [-0.25, -0.2) is 0 Å². The number of carbonyl (C=O) groups is 2. The highest BCUT2D eigenvalue weighted by molar-refractivity contribution is 5.93. The second kappa shape index (κ2) is 8.57. The zero-order valence-electron chi connectivity index (χ0n) is 19.8. The minimum atomic E-state index is -0.732. The largest absolute Gasteiger partial charge is 0.354 e. The summed E-state index contributed by atoms with van der Waals surface area (Å²) in [5, 5.41) is 3.25. The molecular weight excluding hydrogens is 386 g/mol. The molecule has 170 valence electrons. The Kier molecular flexibility index (Phi) is 6.17.